The molecule has 0 saturated heterocycles. The van der Waals surface area contributed by atoms with Gasteiger partial charge in [-0.05, 0) is 44.1 Å². The smallest absolute Gasteiger partial charge is 0.123 e. The standard InChI is InChI=1S/C13H18FN/c1-3-9-15(2)10-5-7-12-6-4-8-13(14)11-12/h3-4,6,8,11H,1,5,7,9-10H2,2H3. The minimum atomic E-state index is -0.146. The van der Waals surface area contributed by atoms with Gasteiger partial charge in [-0.1, -0.05) is 18.2 Å². The number of halogens is 1. The lowest BCUT2D eigenvalue weighted by atomic mass is 10.1. The second-order valence-corrected chi connectivity index (χ2v) is 3.78. The maximum absolute atomic E-state index is 12.9. The molecule has 1 aromatic carbocycles. The van der Waals surface area contributed by atoms with Gasteiger partial charge in [-0.2, -0.15) is 0 Å². The number of hydrogen-bond acceptors (Lipinski definition) is 1. The molecule has 1 rings (SSSR count). The zero-order chi connectivity index (χ0) is 11.1. The molecule has 0 aromatic heterocycles. The monoisotopic (exact) mass is 207 g/mol. The zero-order valence-corrected chi connectivity index (χ0v) is 9.25. The molecule has 0 N–H and O–H groups in total. The number of aryl methyl sites for hydroxylation is 1. The third-order valence-corrected chi connectivity index (χ3v) is 2.34. The summed E-state index contributed by atoms with van der Waals surface area (Å²) in [6.07, 6.45) is 3.87. The van der Waals surface area contributed by atoms with Crippen LogP contribution in [0.1, 0.15) is 12.0 Å². The summed E-state index contributed by atoms with van der Waals surface area (Å²) in [5, 5.41) is 0. The van der Waals surface area contributed by atoms with Crippen LogP contribution in [-0.2, 0) is 6.42 Å². The Morgan fingerprint density at radius 3 is 2.93 bits per heavy atom. The van der Waals surface area contributed by atoms with Crippen LogP contribution >= 0.6 is 0 Å². The molecule has 0 fully saturated rings. The molecule has 15 heavy (non-hydrogen) atoms. The number of likely N-dealkylation sites (N-methyl/N-ethyl adjacent to an activating group) is 1. The van der Waals surface area contributed by atoms with E-state index in [1.165, 1.54) is 6.07 Å². The molecule has 0 bridgehead atoms. The summed E-state index contributed by atoms with van der Waals surface area (Å²) < 4.78 is 12.9. The highest BCUT2D eigenvalue weighted by Crippen LogP contribution is 2.06. The quantitative estimate of drug-likeness (QED) is 0.648. The fraction of sp³-hybridized carbons (Fsp3) is 0.385. The molecule has 1 nitrogen and oxygen atoms in total. The Labute approximate surface area is 91.2 Å². The van der Waals surface area contributed by atoms with Gasteiger partial charge in [-0.3, -0.25) is 0 Å². The van der Waals surface area contributed by atoms with Crippen molar-refractivity contribution in [2.75, 3.05) is 20.1 Å². The van der Waals surface area contributed by atoms with Crippen LogP contribution in [-0.4, -0.2) is 25.0 Å². The predicted octanol–water partition coefficient (Wildman–Crippen LogP) is 2.88. The Bertz CT molecular complexity index is 309. The van der Waals surface area contributed by atoms with Crippen LogP contribution in [0.5, 0.6) is 0 Å². The van der Waals surface area contributed by atoms with Crippen LogP contribution in [0.3, 0.4) is 0 Å². The van der Waals surface area contributed by atoms with Crippen molar-refractivity contribution in [1.29, 1.82) is 0 Å². The minimum absolute atomic E-state index is 0.146. The molecular weight excluding hydrogens is 189 g/mol. The van der Waals surface area contributed by atoms with Crippen molar-refractivity contribution in [3.8, 4) is 0 Å². The largest absolute Gasteiger partial charge is 0.303 e. The number of rotatable bonds is 6. The molecule has 1 aromatic rings. The van der Waals surface area contributed by atoms with Gasteiger partial charge in [0.25, 0.3) is 0 Å². The van der Waals surface area contributed by atoms with E-state index >= 15 is 0 Å². The lowest BCUT2D eigenvalue weighted by Gasteiger charge is -2.13. The van der Waals surface area contributed by atoms with Crippen molar-refractivity contribution in [3.63, 3.8) is 0 Å². The van der Waals surface area contributed by atoms with Crippen LogP contribution in [0.25, 0.3) is 0 Å². The first-order valence-corrected chi connectivity index (χ1v) is 5.26. The second-order valence-electron chi connectivity index (χ2n) is 3.78. The van der Waals surface area contributed by atoms with E-state index in [1.807, 2.05) is 12.1 Å². The van der Waals surface area contributed by atoms with Crippen molar-refractivity contribution in [1.82, 2.24) is 4.90 Å². The van der Waals surface area contributed by atoms with E-state index < -0.39 is 0 Å². The van der Waals surface area contributed by atoms with Gasteiger partial charge in [-0.15, -0.1) is 6.58 Å². The highest BCUT2D eigenvalue weighted by atomic mass is 19.1. The highest BCUT2D eigenvalue weighted by Gasteiger charge is 1.98. The summed E-state index contributed by atoms with van der Waals surface area (Å²) in [6.45, 7) is 5.61. The molecule has 2 heteroatoms. The van der Waals surface area contributed by atoms with E-state index in [0.717, 1.165) is 31.5 Å². The first kappa shape index (κ1) is 11.9. The van der Waals surface area contributed by atoms with Gasteiger partial charge >= 0.3 is 0 Å². The maximum Gasteiger partial charge on any atom is 0.123 e. The Kier molecular flexibility index (Phi) is 5.05. The molecule has 82 valence electrons. The summed E-state index contributed by atoms with van der Waals surface area (Å²) in [7, 11) is 2.06. The number of benzene rings is 1. The van der Waals surface area contributed by atoms with Gasteiger partial charge in [0.2, 0.25) is 0 Å². The van der Waals surface area contributed by atoms with E-state index in [-0.39, 0.29) is 5.82 Å². The van der Waals surface area contributed by atoms with Gasteiger partial charge in [0.1, 0.15) is 5.82 Å². The molecule has 0 atom stereocenters. The lowest BCUT2D eigenvalue weighted by molar-refractivity contribution is 0.364. The molecule has 0 aliphatic carbocycles. The molecule has 0 unspecified atom stereocenters. The summed E-state index contributed by atoms with van der Waals surface area (Å²) in [4.78, 5) is 2.20. The van der Waals surface area contributed by atoms with Crippen LogP contribution in [0.4, 0.5) is 4.39 Å². The van der Waals surface area contributed by atoms with Crippen molar-refractivity contribution >= 4 is 0 Å². The van der Waals surface area contributed by atoms with Crippen molar-refractivity contribution in [2.24, 2.45) is 0 Å². The fourth-order valence-electron chi connectivity index (χ4n) is 1.56. The Morgan fingerprint density at radius 2 is 2.27 bits per heavy atom. The average molecular weight is 207 g/mol. The zero-order valence-electron chi connectivity index (χ0n) is 9.25. The van der Waals surface area contributed by atoms with E-state index in [0.29, 0.717) is 0 Å². The predicted molar refractivity (Wildman–Crippen MR) is 62.4 cm³/mol. The highest BCUT2D eigenvalue weighted by molar-refractivity contribution is 5.16. The molecule has 0 spiro atoms. The molecular formula is C13H18FN. The maximum atomic E-state index is 12.9. The average Bonchev–Trinajstić information content (AvgIpc) is 2.18. The molecule has 0 aliphatic rings. The van der Waals surface area contributed by atoms with Crippen molar-refractivity contribution in [3.05, 3.63) is 48.3 Å². The Hall–Kier alpha value is -1.15. The Morgan fingerprint density at radius 1 is 1.47 bits per heavy atom. The van der Waals surface area contributed by atoms with Crippen molar-refractivity contribution in [2.45, 2.75) is 12.8 Å². The van der Waals surface area contributed by atoms with Crippen LogP contribution < -0.4 is 0 Å². The first-order valence-electron chi connectivity index (χ1n) is 5.26. The van der Waals surface area contributed by atoms with Gasteiger partial charge < -0.3 is 4.90 Å². The van der Waals surface area contributed by atoms with E-state index in [4.69, 9.17) is 0 Å². The van der Waals surface area contributed by atoms with Crippen molar-refractivity contribution < 1.29 is 4.39 Å². The molecule has 0 radical (unpaired) electrons. The lowest BCUT2D eigenvalue weighted by Crippen LogP contribution is -2.19. The normalized spacial score (nSPS) is 10.6. The molecule has 0 heterocycles. The molecule has 0 saturated carbocycles. The third kappa shape index (κ3) is 4.75. The summed E-state index contributed by atoms with van der Waals surface area (Å²) in [5.74, 6) is -0.146. The number of nitrogens with zero attached hydrogens (tertiary/aromatic N) is 1. The van der Waals surface area contributed by atoms with Crippen LogP contribution in [0.15, 0.2) is 36.9 Å². The fourth-order valence-corrected chi connectivity index (χ4v) is 1.56. The van der Waals surface area contributed by atoms with Gasteiger partial charge in [-0.25, -0.2) is 4.39 Å². The van der Waals surface area contributed by atoms with Gasteiger partial charge in [0, 0.05) is 6.54 Å². The van der Waals surface area contributed by atoms with Crippen LogP contribution in [0, 0.1) is 5.82 Å². The Balaban J connectivity index is 2.28. The third-order valence-electron chi connectivity index (χ3n) is 2.34. The van der Waals surface area contributed by atoms with E-state index in [1.54, 1.807) is 12.1 Å². The minimum Gasteiger partial charge on any atom is -0.303 e. The van der Waals surface area contributed by atoms with Crippen LogP contribution in [0.2, 0.25) is 0 Å². The van der Waals surface area contributed by atoms with E-state index in [2.05, 4.69) is 18.5 Å². The summed E-state index contributed by atoms with van der Waals surface area (Å²) in [5.41, 5.74) is 1.07. The van der Waals surface area contributed by atoms with E-state index in [9.17, 15) is 4.39 Å². The summed E-state index contributed by atoms with van der Waals surface area (Å²) >= 11 is 0. The first-order chi connectivity index (χ1) is 7.22. The SMILES string of the molecule is C=CCN(C)CCCc1cccc(F)c1. The van der Waals surface area contributed by atoms with Gasteiger partial charge in [0.15, 0.2) is 0 Å². The summed E-state index contributed by atoms with van der Waals surface area (Å²) in [6, 6.07) is 6.82. The molecule has 0 amide bonds. The number of hydrogen-bond donors (Lipinski definition) is 0. The van der Waals surface area contributed by atoms with Gasteiger partial charge in [0.05, 0.1) is 0 Å². The second kappa shape index (κ2) is 6.36. The molecule has 0 aliphatic heterocycles. The topological polar surface area (TPSA) is 3.24 Å².